The maximum absolute atomic E-state index is 12.9. The highest BCUT2D eigenvalue weighted by Crippen LogP contribution is 2.38. The van der Waals surface area contributed by atoms with Crippen molar-refractivity contribution in [2.75, 3.05) is 0 Å². The average Bonchev–Trinajstić information content (AvgIpc) is 2.38. The molecule has 2 aromatic rings. The second-order valence-corrected chi connectivity index (χ2v) is 3.99. The third-order valence-electron chi connectivity index (χ3n) is 2.54. The van der Waals surface area contributed by atoms with Crippen molar-refractivity contribution in [3.05, 3.63) is 59.7 Å². The molecular weight excluding hydrogens is 271 g/mol. The van der Waals surface area contributed by atoms with E-state index in [1.165, 1.54) is 12.1 Å². The zero-order valence-corrected chi connectivity index (χ0v) is 10.1. The summed E-state index contributed by atoms with van der Waals surface area (Å²) < 4.78 is 43.9. The molecule has 0 bridgehead atoms. The maximum Gasteiger partial charge on any atom is 0.419 e. The fourth-order valence-electron chi connectivity index (χ4n) is 1.61. The summed E-state index contributed by atoms with van der Waals surface area (Å²) in [6.07, 6.45) is -4.58. The molecule has 6 heteroatoms. The van der Waals surface area contributed by atoms with Crippen LogP contribution in [0.2, 0.25) is 0 Å². The minimum absolute atomic E-state index is 0.0519. The lowest BCUT2D eigenvalue weighted by Gasteiger charge is -2.14. The number of hydrogen-bond donors (Lipinski definition) is 1. The number of para-hydroxylation sites is 1. The van der Waals surface area contributed by atoms with Gasteiger partial charge >= 0.3 is 6.18 Å². The molecule has 1 amide bonds. The number of carbonyl (C=O) groups is 1. The van der Waals surface area contributed by atoms with Gasteiger partial charge in [0.25, 0.3) is 0 Å². The molecule has 0 unspecified atom stereocenters. The molecule has 2 aromatic carbocycles. The second kappa shape index (κ2) is 5.24. The van der Waals surface area contributed by atoms with Gasteiger partial charge in [-0.1, -0.05) is 18.2 Å². The van der Waals surface area contributed by atoms with Crippen molar-refractivity contribution >= 4 is 5.91 Å². The van der Waals surface area contributed by atoms with Crippen LogP contribution in [-0.4, -0.2) is 5.91 Å². The van der Waals surface area contributed by atoms with Gasteiger partial charge in [-0.2, -0.15) is 13.2 Å². The van der Waals surface area contributed by atoms with Gasteiger partial charge in [0, 0.05) is 5.56 Å². The first-order valence-electron chi connectivity index (χ1n) is 5.62. The van der Waals surface area contributed by atoms with E-state index >= 15 is 0 Å². The fraction of sp³-hybridized carbons (Fsp3) is 0.0714. The third kappa shape index (κ3) is 3.09. The number of carbonyl (C=O) groups excluding carboxylic acids is 1. The van der Waals surface area contributed by atoms with Gasteiger partial charge in [-0.05, 0) is 30.3 Å². The van der Waals surface area contributed by atoms with E-state index in [-0.39, 0.29) is 11.3 Å². The van der Waals surface area contributed by atoms with Gasteiger partial charge in [0.05, 0.1) is 5.56 Å². The summed E-state index contributed by atoms with van der Waals surface area (Å²) >= 11 is 0. The molecule has 20 heavy (non-hydrogen) atoms. The minimum atomic E-state index is -4.58. The predicted molar refractivity (Wildman–Crippen MR) is 66.5 cm³/mol. The van der Waals surface area contributed by atoms with E-state index in [9.17, 15) is 18.0 Å². The standard InChI is InChI=1S/C14H10F3NO2/c15-14(16,17)11-7-6-9(13(18)19)8-12(11)20-10-4-2-1-3-5-10/h1-8H,(H2,18,19). The van der Waals surface area contributed by atoms with E-state index < -0.39 is 23.4 Å². The number of rotatable bonds is 3. The summed E-state index contributed by atoms with van der Waals surface area (Å²) in [5, 5.41) is 0. The number of ether oxygens (including phenoxy) is 1. The largest absolute Gasteiger partial charge is 0.457 e. The van der Waals surface area contributed by atoms with Gasteiger partial charge in [-0.15, -0.1) is 0 Å². The Labute approximate surface area is 112 Å². The van der Waals surface area contributed by atoms with Gasteiger partial charge in [-0.3, -0.25) is 4.79 Å². The Morgan fingerprint density at radius 2 is 1.70 bits per heavy atom. The zero-order valence-electron chi connectivity index (χ0n) is 10.1. The van der Waals surface area contributed by atoms with Crippen molar-refractivity contribution in [1.82, 2.24) is 0 Å². The van der Waals surface area contributed by atoms with Gasteiger partial charge in [-0.25, -0.2) is 0 Å². The Morgan fingerprint density at radius 1 is 1.05 bits per heavy atom. The van der Waals surface area contributed by atoms with Crippen LogP contribution in [0.4, 0.5) is 13.2 Å². The van der Waals surface area contributed by atoms with Crippen LogP contribution in [0.1, 0.15) is 15.9 Å². The van der Waals surface area contributed by atoms with Gasteiger partial charge < -0.3 is 10.5 Å². The Kier molecular flexibility index (Phi) is 3.65. The van der Waals surface area contributed by atoms with Crippen LogP contribution in [0.25, 0.3) is 0 Å². The van der Waals surface area contributed by atoms with Crippen LogP contribution in [0.15, 0.2) is 48.5 Å². The molecule has 0 aliphatic carbocycles. The first-order valence-corrected chi connectivity index (χ1v) is 5.62. The lowest BCUT2D eigenvalue weighted by molar-refractivity contribution is -0.138. The molecular formula is C14H10F3NO2. The van der Waals surface area contributed by atoms with Gasteiger partial charge in [0.2, 0.25) is 5.91 Å². The van der Waals surface area contributed by atoms with Crippen molar-refractivity contribution in [2.45, 2.75) is 6.18 Å². The van der Waals surface area contributed by atoms with E-state index in [0.29, 0.717) is 0 Å². The molecule has 104 valence electrons. The molecule has 3 nitrogen and oxygen atoms in total. The SMILES string of the molecule is NC(=O)c1ccc(C(F)(F)F)c(Oc2ccccc2)c1. The number of alkyl halides is 3. The highest BCUT2D eigenvalue weighted by molar-refractivity contribution is 5.93. The van der Waals surface area contributed by atoms with E-state index in [1.54, 1.807) is 18.2 Å². The molecule has 0 aliphatic rings. The van der Waals surface area contributed by atoms with Crippen LogP contribution in [-0.2, 0) is 6.18 Å². The number of amides is 1. The summed E-state index contributed by atoms with van der Waals surface area (Å²) in [6, 6.07) is 10.8. The Bertz CT molecular complexity index is 624. The molecule has 0 saturated heterocycles. The van der Waals surface area contributed by atoms with Crippen LogP contribution in [0.3, 0.4) is 0 Å². The van der Waals surface area contributed by atoms with Crippen molar-refractivity contribution in [3.63, 3.8) is 0 Å². The molecule has 0 spiro atoms. The zero-order chi connectivity index (χ0) is 14.8. The lowest BCUT2D eigenvalue weighted by Crippen LogP contribution is -2.13. The minimum Gasteiger partial charge on any atom is -0.457 e. The monoisotopic (exact) mass is 281 g/mol. The van der Waals surface area contributed by atoms with Crippen LogP contribution < -0.4 is 10.5 Å². The summed E-state index contributed by atoms with van der Waals surface area (Å²) in [7, 11) is 0. The Balaban J connectivity index is 2.47. The number of hydrogen-bond acceptors (Lipinski definition) is 2. The Hall–Kier alpha value is -2.50. The van der Waals surface area contributed by atoms with E-state index in [2.05, 4.69) is 0 Å². The van der Waals surface area contributed by atoms with E-state index in [0.717, 1.165) is 18.2 Å². The molecule has 0 saturated carbocycles. The second-order valence-electron chi connectivity index (χ2n) is 3.99. The number of nitrogens with two attached hydrogens (primary N) is 1. The van der Waals surface area contributed by atoms with Crippen LogP contribution in [0, 0.1) is 0 Å². The number of benzene rings is 2. The molecule has 0 heterocycles. The first kappa shape index (κ1) is 13.9. The van der Waals surface area contributed by atoms with Gasteiger partial charge in [0.1, 0.15) is 11.5 Å². The predicted octanol–water partition coefficient (Wildman–Crippen LogP) is 3.60. The van der Waals surface area contributed by atoms with Gasteiger partial charge in [0.15, 0.2) is 0 Å². The first-order chi connectivity index (χ1) is 9.38. The molecule has 0 atom stereocenters. The third-order valence-corrected chi connectivity index (χ3v) is 2.54. The summed E-state index contributed by atoms with van der Waals surface area (Å²) in [5.41, 5.74) is 4.04. The highest BCUT2D eigenvalue weighted by Gasteiger charge is 2.34. The molecule has 0 aromatic heterocycles. The average molecular weight is 281 g/mol. The smallest absolute Gasteiger partial charge is 0.419 e. The lowest BCUT2D eigenvalue weighted by atomic mass is 10.1. The fourth-order valence-corrected chi connectivity index (χ4v) is 1.61. The molecule has 0 fully saturated rings. The summed E-state index contributed by atoms with van der Waals surface area (Å²) in [5.74, 6) is -1.05. The summed E-state index contributed by atoms with van der Waals surface area (Å²) in [6.45, 7) is 0. The molecule has 2 N–H and O–H groups in total. The Morgan fingerprint density at radius 3 is 2.25 bits per heavy atom. The maximum atomic E-state index is 12.9. The van der Waals surface area contributed by atoms with Crippen molar-refractivity contribution in [3.8, 4) is 11.5 Å². The van der Waals surface area contributed by atoms with Crippen LogP contribution >= 0.6 is 0 Å². The van der Waals surface area contributed by atoms with E-state index in [1.807, 2.05) is 0 Å². The van der Waals surface area contributed by atoms with Crippen molar-refractivity contribution in [2.24, 2.45) is 5.73 Å². The van der Waals surface area contributed by atoms with E-state index in [4.69, 9.17) is 10.5 Å². The van der Waals surface area contributed by atoms with Crippen molar-refractivity contribution in [1.29, 1.82) is 0 Å². The number of primary amides is 1. The van der Waals surface area contributed by atoms with Crippen molar-refractivity contribution < 1.29 is 22.7 Å². The normalized spacial score (nSPS) is 11.2. The molecule has 0 aliphatic heterocycles. The topological polar surface area (TPSA) is 52.3 Å². The van der Waals surface area contributed by atoms with Crippen LogP contribution in [0.5, 0.6) is 11.5 Å². The number of halogens is 3. The highest BCUT2D eigenvalue weighted by atomic mass is 19.4. The molecule has 2 rings (SSSR count). The quantitative estimate of drug-likeness (QED) is 0.934. The summed E-state index contributed by atoms with van der Waals surface area (Å²) in [4.78, 5) is 11.1. The molecule has 0 radical (unpaired) electrons.